The number of hydrogen-bond donors (Lipinski definition) is 0. The molecule has 0 heterocycles. The Balaban J connectivity index is 1.80. The Morgan fingerprint density at radius 2 is 0.714 bits per heavy atom. The molecule has 2 aromatic carbocycles. The Bertz CT molecular complexity index is 1640. The Kier molecular flexibility index (Phi) is 10.3. The first-order valence-electron chi connectivity index (χ1n) is 17.9. The van der Waals surface area contributed by atoms with E-state index in [1.54, 1.807) is 39.8 Å². The van der Waals surface area contributed by atoms with E-state index in [2.05, 4.69) is 13.8 Å². The number of carbonyl (C=O) groups is 4. The molecular weight excluding hydrogens is 620 g/mol. The molecular formula is C41H50O8. The van der Waals surface area contributed by atoms with Crippen LogP contribution in [0.5, 0.6) is 0 Å². The number of rotatable bonds is 14. The van der Waals surface area contributed by atoms with E-state index in [4.69, 9.17) is 18.9 Å². The van der Waals surface area contributed by atoms with Gasteiger partial charge in [-0.2, -0.15) is 0 Å². The minimum absolute atomic E-state index is 0.0718. The van der Waals surface area contributed by atoms with Crippen molar-refractivity contribution < 1.29 is 38.1 Å². The van der Waals surface area contributed by atoms with Crippen molar-refractivity contribution in [1.82, 2.24) is 0 Å². The van der Waals surface area contributed by atoms with E-state index in [-0.39, 0.29) is 69.7 Å². The second-order valence-electron chi connectivity index (χ2n) is 14.5. The average Bonchev–Trinajstić information content (AvgIpc) is 3.29. The van der Waals surface area contributed by atoms with Crippen LogP contribution in [-0.2, 0) is 24.4 Å². The molecule has 0 aliphatic heterocycles. The number of fused-ring (bicyclic) bond motifs is 5. The maximum atomic E-state index is 14.2. The smallest absolute Gasteiger partial charge is 0.232 e. The molecule has 0 N–H and O–H groups in total. The quantitative estimate of drug-likeness (QED) is 0.196. The van der Waals surface area contributed by atoms with Crippen LogP contribution in [0.3, 0.4) is 0 Å². The number of ether oxygens (including phenoxy) is 4. The van der Waals surface area contributed by atoms with Crippen LogP contribution in [0.15, 0.2) is 47.3 Å². The lowest BCUT2D eigenvalue weighted by Crippen LogP contribution is -2.30. The number of allylic oxidation sites excluding steroid dienone is 4. The molecule has 5 rings (SSSR count). The van der Waals surface area contributed by atoms with E-state index in [0.717, 1.165) is 60.8 Å². The van der Waals surface area contributed by atoms with E-state index in [9.17, 15) is 19.2 Å². The molecule has 0 spiro atoms. The van der Waals surface area contributed by atoms with Crippen molar-refractivity contribution in [2.75, 3.05) is 0 Å². The standard InChI is InChI=1S/C41H50O8/c1-11-13-15-41(16-14-12-2)31-19-29-27(33(42)37(46-21(3)4)39(35(29)44)48-23(7)8)17-25(31)26-18-28-30(20-32(26)41)36(45)40(49-24(9)10)38(34(28)43)47-22(5)6/h17-24H,11-16H2,1-10H3. The summed E-state index contributed by atoms with van der Waals surface area (Å²) in [5.74, 6) is -1.94. The van der Waals surface area contributed by atoms with Crippen molar-refractivity contribution in [3.05, 3.63) is 80.7 Å². The van der Waals surface area contributed by atoms with Crippen molar-refractivity contribution in [1.29, 1.82) is 0 Å². The molecule has 2 aromatic rings. The second-order valence-corrected chi connectivity index (χ2v) is 14.5. The molecule has 0 bridgehead atoms. The van der Waals surface area contributed by atoms with E-state index in [0.29, 0.717) is 0 Å². The number of carbonyl (C=O) groups excluding carboxylic acids is 4. The van der Waals surface area contributed by atoms with Gasteiger partial charge in [0.25, 0.3) is 0 Å². The molecule has 3 aliphatic carbocycles. The summed E-state index contributed by atoms with van der Waals surface area (Å²) in [7, 11) is 0. The Morgan fingerprint density at radius 3 is 0.959 bits per heavy atom. The largest absolute Gasteiger partial charge is 0.483 e. The van der Waals surface area contributed by atoms with Crippen molar-refractivity contribution in [2.45, 2.75) is 138 Å². The molecule has 0 saturated heterocycles. The maximum Gasteiger partial charge on any atom is 0.232 e. The number of Topliss-reactive ketones (excluding diaryl/α,β-unsaturated/α-hetero) is 4. The van der Waals surface area contributed by atoms with Crippen LogP contribution >= 0.6 is 0 Å². The van der Waals surface area contributed by atoms with Gasteiger partial charge in [0, 0.05) is 27.7 Å². The molecule has 0 aromatic heterocycles. The zero-order valence-corrected chi connectivity index (χ0v) is 30.6. The van der Waals surface area contributed by atoms with Crippen LogP contribution in [0, 0.1) is 0 Å². The highest BCUT2D eigenvalue weighted by Crippen LogP contribution is 2.56. The fraction of sp³-hybridized carbons (Fsp3) is 0.512. The summed E-state index contributed by atoms with van der Waals surface area (Å²) < 4.78 is 23.8. The number of benzene rings is 2. The van der Waals surface area contributed by atoms with Gasteiger partial charge in [0.15, 0.2) is 0 Å². The second kappa shape index (κ2) is 14.0. The zero-order chi connectivity index (χ0) is 35.9. The lowest BCUT2D eigenvalue weighted by molar-refractivity contribution is 0.0594. The highest BCUT2D eigenvalue weighted by molar-refractivity contribution is 6.27. The third-order valence-corrected chi connectivity index (χ3v) is 9.18. The fourth-order valence-electron chi connectivity index (χ4n) is 7.23. The minimum atomic E-state index is -0.553. The molecule has 3 aliphatic rings. The van der Waals surface area contributed by atoms with E-state index in [1.165, 1.54) is 0 Å². The van der Waals surface area contributed by atoms with Crippen molar-refractivity contribution >= 4 is 23.1 Å². The summed E-state index contributed by atoms with van der Waals surface area (Å²) >= 11 is 0. The Morgan fingerprint density at radius 1 is 0.449 bits per heavy atom. The average molecular weight is 671 g/mol. The number of unbranched alkanes of at least 4 members (excludes halogenated alkanes) is 2. The van der Waals surface area contributed by atoms with Crippen LogP contribution < -0.4 is 0 Å². The third kappa shape index (κ3) is 6.35. The van der Waals surface area contributed by atoms with Gasteiger partial charge >= 0.3 is 0 Å². The van der Waals surface area contributed by atoms with Crippen LogP contribution in [0.1, 0.15) is 160 Å². The number of hydrogen-bond acceptors (Lipinski definition) is 8. The topological polar surface area (TPSA) is 105 Å². The van der Waals surface area contributed by atoms with Crippen molar-refractivity contribution in [3.8, 4) is 11.1 Å². The zero-order valence-electron chi connectivity index (χ0n) is 30.6. The molecule has 49 heavy (non-hydrogen) atoms. The normalized spacial score (nSPS) is 16.5. The van der Waals surface area contributed by atoms with Gasteiger partial charge in [-0.25, -0.2) is 0 Å². The predicted molar refractivity (Wildman–Crippen MR) is 188 cm³/mol. The molecule has 262 valence electrons. The van der Waals surface area contributed by atoms with E-state index < -0.39 is 28.5 Å². The predicted octanol–water partition coefficient (Wildman–Crippen LogP) is 9.21. The van der Waals surface area contributed by atoms with Crippen molar-refractivity contribution in [2.24, 2.45) is 0 Å². The fourth-order valence-corrected chi connectivity index (χ4v) is 7.23. The monoisotopic (exact) mass is 670 g/mol. The van der Waals surface area contributed by atoms with Gasteiger partial charge in [0.1, 0.15) is 0 Å². The highest BCUT2D eigenvalue weighted by Gasteiger charge is 2.48. The Labute approximate surface area is 290 Å². The van der Waals surface area contributed by atoms with Gasteiger partial charge in [-0.1, -0.05) is 39.5 Å². The van der Waals surface area contributed by atoms with Crippen LogP contribution in [0.2, 0.25) is 0 Å². The highest BCUT2D eigenvalue weighted by atomic mass is 16.5. The van der Waals surface area contributed by atoms with E-state index in [1.807, 2.05) is 39.8 Å². The molecule has 8 heteroatoms. The summed E-state index contributed by atoms with van der Waals surface area (Å²) in [5, 5.41) is 0. The molecule has 0 saturated carbocycles. The lowest BCUT2D eigenvalue weighted by Gasteiger charge is -2.34. The molecule has 0 fully saturated rings. The molecule has 0 radical (unpaired) electrons. The third-order valence-electron chi connectivity index (χ3n) is 9.18. The maximum absolute atomic E-state index is 14.2. The summed E-state index contributed by atoms with van der Waals surface area (Å²) in [5.41, 5.74) is 3.88. The van der Waals surface area contributed by atoms with Gasteiger partial charge in [0.2, 0.25) is 46.2 Å². The van der Waals surface area contributed by atoms with Gasteiger partial charge in [0.05, 0.1) is 24.4 Å². The Hall–Kier alpha value is -4.20. The summed E-state index contributed by atoms with van der Waals surface area (Å²) in [6.45, 7) is 18.7. The van der Waals surface area contributed by atoms with Crippen LogP contribution in [0.25, 0.3) is 11.1 Å². The minimum Gasteiger partial charge on any atom is -0.483 e. The molecule has 0 atom stereocenters. The van der Waals surface area contributed by atoms with E-state index >= 15 is 0 Å². The molecule has 8 nitrogen and oxygen atoms in total. The first-order valence-corrected chi connectivity index (χ1v) is 17.9. The first kappa shape index (κ1) is 36.1. The SMILES string of the molecule is CCCCC1(CCCC)c2cc3c(cc2-c2cc4c(cc21)C(=O)C(OC(C)C)=C(OC(C)C)C4=O)C(=O)C(OC(C)C)=C(OC(C)C)C3=O. The van der Waals surface area contributed by atoms with Gasteiger partial charge in [-0.15, -0.1) is 0 Å². The van der Waals surface area contributed by atoms with Crippen molar-refractivity contribution in [3.63, 3.8) is 0 Å². The first-order chi connectivity index (χ1) is 23.2. The summed E-state index contributed by atoms with van der Waals surface area (Å²) in [4.78, 5) is 56.7. The lowest BCUT2D eigenvalue weighted by atomic mass is 9.69. The van der Waals surface area contributed by atoms with Crippen LogP contribution in [-0.4, -0.2) is 47.5 Å². The molecule has 0 amide bonds. The summed E-state index contributed by atoms with van der Waals surface area (Å²) in [6.07, 6.45) is 3.80. The summed E-state index contributed by atoms with van der Waals surface area (Å²) in [6, 6.07) is 7.31. The van der Waals surface area contributed by atoms with Gasteiger partial charge in [-0.05, 0) is 115 Å². The van der Waals surface area contributed by atoms with Gasteiger partial charge in [-0.3, -0.25) is 19.2 Å². The molecule has 0 unspecified atom stereocenters. The van der Waals surface area contributed by atoms with Crippen LogP contribution in [0.4, 0.5) is 0 Å². The number of ketones is 4. The van der Waals surface area contributed by atoms with Gasteiger partial charge < -0.3 is 18.9 Å².